The monoisotopic (exact) mass is 398 g/mol. The molecule has 28 heavy (non-hydrogen) atoms. The fourth-order valence-electron chi connectivity index (χ4n) is 3.77. The summed E-state index contributed by atoms with van der Waals surface area (Å²) in [6, 6.07) is 9.65. The number of aromatic nitrogens is 2. The zero-order chi connectivity index (χ0) is 20.1. The minimum atomic E-state index is 0.143. The highest BCUT2D eigenvalue weighted by Gasteiger charge is 2.34. The van der Waals surface area contributed by atoms with E-state index in [9.17, 15) is 0 Å². The van der Waals surface area contributed by atoms with Gasteiger partial charge >= 0.3 is 0 Å². The van der Waals surface area contributed by atoms with Gasteiger partial charge in [0.2, 0.25) is 5.95 Å². The molecule has 0 bridgehead atoms. The van der Waals surface area contributed by atoms with Gasteiger partial charge in [-0.25, -0.2) is 4.98 Å². The molecule has 0 saturated carbocycles. The SMILES string of the molecule is CCCN1CC[C@@H](Nc2nc(Nc3cccc(C#N)c3)ncc2Cl)CC1(C)C. The van der Waals surface area contributed by atoms with Crippen LogP contribution in [0.4, 0.5) is 17.5 Å². The maximum Gasteiger partial charge on any atom is 0.229 e. The van der Waals surface area contributed by atoms with Crippen LogP contribution in [0.2, 0.25) is 5.02 Å². The number of piperidine rings is 1. The predicted octanol–water partition coefficient (Wildman–Crippen LogP) is 4.81. The molecule has 6 nitrogen and oxygen atoms in total. The predicted molar refractivity (Wildman–Crippen MR) is 114 cm³/mol. The van der Waals surface area contributed by atoms with Crippen LogP contribution < -0.4 is 10.6 Å². The van der Waals surface area contributed by atoms with Gasteiger partial charge < -0.3 is 10.6 Å². The van der Waals surface area contributed by atoms with Gasteiger partial charge in [-0.2, -0.15) is 10.2 Å². The van der Waals surface area contributed by atoms with Crippen molar-refractivity contribution in [2.45, 2.75) is 51.6 Å². The zero-order valence-corrected chi connectivity index (χ0v) is 17.4. The second-order valence-corrected chi connectivity index (χ2v) is 8.25. The van der Waals surface area contributed by atoms with Gasteiger partial charge in [0, 0.05) is 23.8 Å². The lowest BCUT2D eigenvalue weighted by Crippen LogP contribution is -2.53. The van der Waals surface area contributed by atoms with E-state index in [1.54, 1.807) is 18.3 Å². The number of nitrogens with zero attached hydrogens (tertiary/aromatic N) is 4. The first-order valence-electron chi connectivity index (χ1n) is 9.72. The Morgan fingerprint density at radius 2 is 2.21 bits per heavy atom. The first-order chi connectivity index (χ1) is 13.4. The summed E-state index contributed by atoms with van der Waals surface area (Å²) in [4.78, 5) is 11.4. The number of nitriles is 1. The molecule has 1 aromatic heterocycles. The van der Waals surface area contributed by atoms with Crippen LogP contribution >= 0.6 is 11.6 Å². The minimum Gasteiger partial charge on any atom is -0.366 e. The molecule has 1 saturated heterocycles. The molecule has 0 amide bonds. The minimum absolute atomic E-state index is 0.143. The van der Waals surface area contributed by atoms with E-state index < -0.39 is 0 Å². The Balaban J connectivity index is 1.71. The average Bonchev–Trinajstić information content (AvgIpc) is 2.66. The second-order valence-electron chi connectivity index (χ2n) is 7.84. The summed E-state index contributed by atoms with van der Waals surface area (Å²) in [7, 11) is 0. The van der Waals surface area contributed by atoms with Gasteiger partial charge in [-0.1, -0.05) is 24.6 Å². The highest BCUT2D eigenvalue weighted by Crippen LogP contribution is 2.31. The van der Waals surface area contributed by atoms with Gasteiger partial charge in [-0.15, -0.1) is 0 Å². The van der Waals surface area contributed by atoms with Crippen molar-refractivity contribution in [2.24, 2.45) is 0 Å². The van der Waals surface area contributed by atoms with Crippen LogP contribution in [-0.4, -0.2) is 39.5 Å². The van der Waals surface area contributed by atoms with Crippen molar-refractivity contribution in [3.63, 3.8) is 0 Å². The summed E-state index contributed by atoms with van der Waals surface area (Å²) in [6.45, 7) is 9.01. The van der Waals surface area contributed by atoms with Crippen molar-refractivity contribution >= 4 is 29.1 Å². The van der Waals surface area contributed by atoms with E-state index in [0.717, 1.165) is 31.6 Å². The highest BCUT2D eigenvalue weighted by molar-refractivity contribution is 6.32. The molecule has 148 valence electrons. The van der Waals surface area contributed by atoms with Gasteiger partial charge in [-0.3, -0.25) is 4.90 Å². The number of likely N-dealkylation sites (tertiary alicyclic amines) is 1. The molecule has 1 fully saturated rings. The van der Waals surface area contributed by atoms with E-state index in [4.69, 9.17) is 16.9 Å². The fourth-order valence-corrected chi connectivity index (χ4v) is 3.92. The Morgan fingerprint density at radius 3 is 2.93 bits per heavy atom. The maximum atomic E-state index is 9.05. The van der Waals surface area contributed by atoms with E-state index in [2.05, 4.69) is 52.3 Å². The number of rotatable bonds is 6. The Hall–Kier alpha value is -2.36. The molecule has 0 unspecified atom stereocenters. The lowest BCUT2D eigenvalue weighted by molar-refractivity contribution is 0.0708. The van der Waals surface area contributed by atoms with Crippen molar-refractivity contribution in [1.82, 2.24) is 14.9 Å². The summed E-state index contributed by atoms with van der Waals surface area (Å²) in [6.07, 6.45) is 4.85. The lowest BCUT2D eigenvalue weighted by Gasteiger charge is -2.46. The summed E-state index contributed by atoms with van der Waals surface area (Å²) >= 11 is 6.35. The van der Waals surface area contributed by atoms with E-state index in [0.29, 0.717) is 28.4 Å². The van der Waals surface area contributed by atoms with Crippen molar-refractivity contribution in [3.05, 3.63) is 41.0 Å². The van der Waals surface area contributed by atoms with Gasteiger partial charge in [0.25, 0.3) is 0 Å². The molecular weight excluding hydrogens is 372 g/mol. The number of anilines is 3. The fraction of sp³-hybridized carbons (Fsp3) is 0.476. The van der Waals surface area contributed by atoms with E-state index >= 15 is 0 Å². The van der Waals surface area contributed by atoms with Crippen molar-refractivity contribution in [2.75, 3.05) is 23.7 Å². The van der Waals surface area contributed by atoms with Crippen LogP contribution in [0.3, 0.4) is 0 Å². The van der Waals surface area contributed by atoms with Crippen LogP contribution in [0.5, 0.6) is 0 Å². The summed E-state index contributed by atoms with van der Waals surface area (Å²) in [5.41, 5.74) is 1.49. The van der Waals surface area contributed by atoms with Crippen molar-refractivity contribution < 1.29 is 0 Å². The third kappa shape index (κ3) is 4.92. The zero-order valence-electron chi connectivity index (χ0n) is 16.7. The molecule has 1 aliphatic rings. The Bertz CT molecular complexity index is 860. The quantitative estimate of drug-likeness (QED) is 0.727. The molecular formula is C21H27ClN6. The van der Waals surface area contributed by atoms with Gasteiger partial charge in [-0.05, 0) is 57.9 Å². The Kier molecular flexibility index (Phi) is 6.38. The molecule has 2 heterocycles. The molecule has 1 atom stereocenters. The average molecular weight is 399 g/mol. The number of hydrogen-bond acceptors (Lipinski definition) is 6. The third-order valence-electron chi connectivity index (χ3n) is 5.18. The van der Waals surface area contributed by atoms with Crippen LogP contribution in [0.15, 0.2) is 30.5 Å². The van der Waals surface area contributed by atoms with Crippen molar-refractivity contribution in [1.29, 1.82) is 5.26 Å². The van der Waals surface area contributed by atoms with Gasteiger partial charge in [0.05, 0.1) is 17.8 Å². The lowest BCUT2D eigenvalue weighted by atomic mass is 9.87. The summed E-state index contributed by atoms with van der Waals surface area (Å²) < 4.78 is 0. The second kappa shape index (κ2) is 8.76. The van der Waals surface area contributed by atoms with E-state index in [-0.39, 0.29) is 5.54 Å². The topological polar surface area (TPSA) is 76.9 Å². The normalized spacial score (nSPS) is 19.0. The number of benzene rings is 1. The first kappa shape index (κ1) is 20.4. The third-order valence-corrected chi connectivity index (χ3v) is 5.45. The standard InChI is InChI=1S/C21H27ClN6/c1-4-9-28-10-8-17(12-21(28,2)3)25-19-18(22)14-24-20(27-19)26-16-7-5-6-15(11-16)13-23/h5-7,11,14,17H,4,8-10,12H2,1-3H3,(H2,24,25,26,27)/t17-/m1/s1. The number of nitrogens with one attached hydrogen (secondary N) is 2. The smallest absolute Gasteiger partial charge is 0.229 e. The van der Waals surface area contributed by atoms with Crippen LogP contribution in [0.1, 0.15) is 45.6 Å². The van der Waals surface area contributed by atoms with Gasteiger partial charge in [0.15, 0.2) is 5.82 Å². The molecule has 0 radical (unpaired) electrons. The first-order valence-corrected chi connectivity index (χ1v) is 10.1. The van der Waals surface area contributed by atoms with Gasteiger partial charge in [0.1, 0.15) is 5.02 Å². The molecule has 2 N–H and O–H groups in total. The van der Waals surface area contributed by atoms with Crippen LogP contribution in [0.25, 0.3) is 0 Å². The maximum absolute atomic E-state index is 9.05. The molecule has 0 aliphatic carbocycles. The number of hydrogen-bond donors (Lipinski definition) is 2. The van der Waals surface area contributed by atoms with Crippen LogP contribution in [0, 0.1) is 11.3 Å². The molecule has 2 aromatic rings. The highest BCUT2D eigenvalue weighted by atomic mass is 35.5. The largest absolute Gasteiger partial charge is 0.366 e. The van der Waals surface area contributed by atoms with E-state index in [1.165, 1.54) is 6.42 Å². The van der Waals surface area contributed by atoms with Crippen LogP contribution in [-0.2, 0) is 0 Å². The molecule has 7 heteroatoms. The number of halogens is 1. The Morgan fingerprint density at radius 1 is 1.39 bits per heavy atom. The molecule has 1 aliphatic heterocycles. The van der Waals surface area contributed by atoms with Crippen molar-refractivity contribution in [3.8, 4) is 6.07 Å². The Labute approximate surface area is 171 Å². The molecule has 0 spiro atoms. The molecule has 3 rings (SSSR count). The summed E-state index contributed by atoms with van der Waals surface area (Å²) in [5, 5.41) is 16.2. The molecule has 1 aromatic carbocycles. The summed E-state index contributed by atoms with van der Waals surface area (Å²) in [5.74, 6) is 1.09. The van der Waals surface area contributed by atoms with E-state index in [1.807, 2.05) is 12.1 Å².